The highest BCUT2D eigenvalue weighted by Crippen LogP contribution is 2.47. The fourth-order valence-corrected chi connectivity index (χ4v) is 7.00. The summed E-state index contributed by atoms with van der Waals surface area (Å²) in [6.45, 7) is 4.91. The maximum atomic E-state index is 13.8. The molecule has 5 rings (SSSR count). The number of aromatic amines is 1. The molecule has 11 heteroatoms. The number of hydrogen-bond acceptors (Lipinski definition) is 5. The molecule has 3 aromatic rings. The summed E-state index contributed by atoms with van der Waals surface area (Å²) in [4.78, 5) is 28.8. The molecule has 37 heavy (non-hydrogen) atoms. The third-order valence-electron chi connectivity index (χ3n) is 7.13. The van der Waals surface area contributed by atoms with Crippen LogP contribution >= 0.6 is 11.6 Å². The Hall–Kier alpha value is -2.95. The fraction of sp³-hybridized carbons (Fsp3) is 0.423. The minimum Gasteiger partial charge on any atom is -0.395 e. The zero-order valence-corrected chi connectivity index (χ0v) is 22.4. The van der Waals surface area contributed by atoms with Gasteiger partial charge in [-0.2, -0.15) is 5.10 Å². The van der Waals surface area contributed by atoms with Crippen LogP contribution in [0, 0.1) is 0 Å². The van der Waals surface area contributed by atoms with Crippen LogP contribution in [-0.4, -0.2) is 70.0 Å². The lowest BCUT2D eigenvalue weighted by molar-refractivity contribution is 0.0699. The van der Waals surface area contributed by atoms with Gasteiger partial charge in [-0.1, -0.05) is 23.7 Å². The van der Waals surface area contributed by atoms with Gasteiger partial charge >= 0.3 is 0 Å². The van der Waals surface area contributed by atoms with E-state index in [1.165, 1.54) is 0 Å². The summed E-state index contributed by atoms with van der Waals surface area (Å²) in [5.74, 6) is -0.495. The normalized spacial score (nSPS) is 17.4. The Morgan fingerprint density at radius 2 is 1.97 bits per heavy atom. The minimum atomic E-state index is -1.30. The molecule has 1 atom stereocenters. The molecule has 1 aromatic carbocycles. The molecule has 2 aromatic heterocycles. The van der Waals surface area contributed by atoms with Crippen LogP contribution in [0.1, 0.15) is 53.2 Å². The van der Waals surface area contributed by atoms with E-state index < -0.39 is 20.3 Å². The predicted octanol–water partition coefficient (Wildman–Crippen LogP) is 2.97. The highest BCUT2D eigenvalue weighted by atomic mass is 35.5. The molecule has 1 aliphatic heterocycles. The third kappa shape index (κ3) is 4.85. The van der Waals surface area contributed by atoms with Crippen molar-refractivity contribution >= 4 is 34.2 Å². The van der Waals surface area contributed by atoms with Crippen molar-refractivity contribution in [3.05, 3.63) is 64.6 Å². The van der Waals surface area contributed by atoms with Crippen molar-refractivity contribution in [3.63, 3.8) is 0 Å². The molecule has 1 fully saturated rings. The Labute approximate surface area is 222 Å². The van der Waals surface area contributed by atoms with Crippen molar-refractivity contribution in [2.75, 3.05) is 19.7 Å². The second-order valence-electron chi connectivity index (χ2n) is 10.3. The number of rotatable bonds is 9. The molecule has 1 aliphatic carbocycles. The summed E-state index contributed by atoms with van der Waals surface area (Å²) in [6, 6.07) is 10.7. The van der Waals surface area contributed by atoms with Gasteiger partial charge in [0.25, 0.3) is 11.8 Å². The zero-order valence-electron chi connectivity index (χ0n) is 20.8. The molecule has 9 nitrogen and oxygen atoms in total. The summed E-state index contributed by atoms with van der Waals surface area (Å²) < 4.78 is 13.8. The van der Waals surface area contributed by atoms with Crippen LogP contribution in [-0.2, 0) is 23.9 Å². The number of benzene rings is 1. The van der Waals surface area contributed by atoms with Crippen LogP contribution in [0.4, 0.5) is 0 Å². The van der Waals surface area contributed by atoms with Crippen LogP contribution < -0.4 is 5.32 Å². The maximum absolute atomic E-state index is 13.8. The standard InChI is InChI=1S/C26H30ClN5O4S/c1-25(2,16-33)37(36)26(8-9-26)15-31-11-12-32-21(23(34)28-14-17-3-5-18(27)6-4-17)13-19(22(32)24(31)35)20-7-10-29-30-20/h3-7,10,13,33H,8-9,11-12,14-16H2,1-2H3,(H,28,34)(H,29,30). The predicted molar refractivity (Wildman–Crippen MR) is 142 cm³/mol. The number of carbonyl (C=O) groups is 2. The number of aromatic nitrogens is 3. The Kier molecular flexibility index (Phi) is 6.76. The molecular weight excluding hydrogens is 514 g/mol. The van der Waals surface area contributed by atoms with E-state index in [0.29, 0.717) is 53.8 Å². The number of aliphatic hydroxyl groups is 1. The second kappa shape index (κ2) is 9.74. The Bertz CT molecular complexity index is 1350. The third-order valence-corrected chi connectivity index (χ3v) is 9.84. The maximum Gasteiger partial charge on any atom is 0.271 e. The summed E-state index contributed by atoms with van der Waals surface area (Å²) in [5, 5.41) is 20.2. The van der Waals surface area contributed by atoms with Gasteiger partial charge in [-0.25, -0.2) is 0 Å². The van der Waals surface area contributed by atoms with Gasteiger partial charge in [-0.05, 0) is 56.5 Å². The van der Waals surface area contributed by atoms with E-state index >= 15 is 0 Å². The van der Waals surface area contributed by atoms with Crippen molar-refractivity contribution in [1.82, 2.24) is 25.0 Å². The van der Waals surface area contributed by atoms with Crippen LogP contribution in [0.15, 0.2) is 42.6 Å². The van der Waals surface area contributed by atoms with E-state index in [1.807, 2.05) is 12.1 Å². The van der Waals surface area contributed by atoms with Crippen molar-refractivity contribution in [3.8, 4) is 11.3 Å². The van der Waals surface area contributed by atoms with Crippen LogP contribution in [0.25, 0.3) is 11.3 Å². The van der Waals surface area contributed by atoms with Crippen molar-refractivity contribution < 1.29 is 18.9 Å². The molecule has 0 radical (unpaired) electrons. The molecule has 196 valence electrons. The van der Waals surface area contributed by atoms with Gasteiger partial charge in [0.15, 0.2) is 0 Å². The van der Waals surface area contributed by atoms with Gasteiger partial charge in [-0.15, -0.1) is 0 Å². The zero-order chi connectivity index (χ0) is 26.4. The van der Waals surface area contributed by atoms with Crippen molar-refractivity contribution in [2.45, 2.75) is 49.3 Å². The minimum absolute atomic E-state index is 0.184. The van der Waals surface area contributed by atoms with Crippen LogP contribution in [0.2, 0.25) is 5.02 Å². The van der Waals surface area contributed by atoms with E-state index in [2.05, 4.69) is 15.5 Å². The first-order valence-corrected chi connectivity index (χ1v) is 13.8. The fourth-order valence-electron chi connectivity index (χ4n) is 4.84. The highest BCUT2D eigenvalue weighted by molar-refractivity contribution is 7.88. The first kappa shape index (κ1) is 25.7. The lowest BCUT2D eigenvalue weighted by Gasteiger charge is -2.35. The number of nitrogens with zero attached hydrogens (tertiary/aromatic N) is 3. The quantitative estimate of drug-likeness (QED) is 0.383. The van der Waals surface area contributed by atoms with Crippen LogP contribution in [0.5, 0.6) is 0 Å². The average Bonchev–Trinajstić information content (AvgIpc) is 3.28. The van der Waals surface area contributed by atoms with Gasteiger partial charge in [0.2, 0.25) is 0 Å². The highest BCUT2D eigenvalue weighted by Gasteiger charge is 2.55. The molecule has 3 N–H and O–H groups in total. The number of fused-ring (bicyclic) bond motifs is 1. The van der Waals surface area contributed by atoms with Gasteiger partial charge in [0.1, 0.15) is 11.4 Å². The van der Waals surface area contributed by atoms with E-state index in [9.17, 15) is 18.9 Å². The van der Waals surface area contributed by atoms with Gasteiger partial charge in [-0.3, -0.25) is 18.9 Å². The second-order valence-corrected chi connectivity index (χ2v) is 13.3. The number of hydrogen-bond donors (Lipinski definition) is 3. The van der Waals surface area contributed by atoms with Crippen LogP contribution in [0.3, 0.4) is 0 Å². The van der Waals surface area contributed by atoms with E-state index in [1.54, 1.807) is 53.8 Å². The Morgan fingerprint density at radius 3 is 2.59 bits per heavy atom. The molecule has 3 heterocycles. The summed E-state index contributed by atoms with van der Waals surface area (Å²) in [6.07, 6.45) is 3.10. The molecular formula is C26H30ClN5O4S. The summed E-state index contributed by atoms with van der Waals surface area (Å²) in [5.41, 5.74) is 2.96. The van der Waals surface area contributed by atoms with E-state index in [0.717, 1.165) is 18.4 Å². The Morgan fingerprint density at radius 1 is 1.24 bits per heavy atom. The van der Waals surface area contributed by atoms with Gasteiger partial charge in [0.05, 0.1) is 21.8 Å². The summed E-state index contributed by atoms with van der Waals surface area (Å²) >= 11 is 5.95. The number of carbonyl (C=O) groups excluding carboxylic acids is 2. The topological polar surface area (TPSA) is 120 Å². The lowest BCUT2D eigenvalue weighted by Crippen LogP contribution is -2.49. The number of aliphatic hydroxyl groups excluding tert-OH is 1. The number of H-pyrrole nitrogens is 1. The monoisotopic (exact) mass is 543 g/mol. The molecule has 0 bridgehead atoms. The smallest absolute Gasteiger partial charge is 0.271 e. The lowest BCUT2D eigenvalue weighted by atomic mass is 10.1. The number of nitrogens with one attached hydrogen (secondary N) is 2. The molecule has 1 unspecified atom stereocenters. The molecule has 2 amide bonds. The SMILES string of the molecule is CC(C)(CO)S(=O)C1(CN2CCn3c(C(=O)NCc4ccc(Cl)cc4)cc(-c4ccn[nH]4)c3C2=O)CC1. The largest absolute Gasteiger partial charge is 0.395 e. The summed E-state index contributed by atoms with van der Waals surface area (Å²) in [7, 11) is -1.30. The average molecular weight is 544 g/mol. The van der Waals surface area contributed by atoms with Crippen molar-refractivity contribution in [1.29, 1.82) is 0 Å². The first-order chi connectivity index (χ1) is 17.6. The van der Waals surface area contributed by atoms with Gasteiger partial charge < -0.3 is 19.9 Å². The molecule has 2 aliphatic rings. The Balaban J connectivity index is 1.42. The van der Waals surface area contributed by atoms with Crippen molar-refractivity contribution in [2.24, 2.45) is 0 Å². The first-order valence-electron chi connectivity index (χ1n) is 12.2. The molecule has 1 saturated carbocycles. The number of halogens is 1. The number of amides is 2. The molecule has 0 saturated heterocycles. The molecule has 0 spiro atoms. The van der Waals surface area contributed by atoms with E-state index in [-0.39, 0.29) is 18.4 Å². The van der Waals surface area contributed by atoms with Gasteiger partial charge in [0, 0.05) is 53.8 Å². The van der Waals surface area contributed by atoms with E-state index in [4.69, 9.17) is 11.6 Å².